The van der Waals surface area contributed by atoms with E-state index in [0.29, 0.717) is 22.7 Å². The summed E-state index contributed by atoms with van der Waals surface area (Å²) in [5.74, 6) is -0.823. The highest BCUT2D eigenvalue weighted by molar-refractivity contribution is 5.90. The smallest absolute Gasteiger partial charge is 0.341 e. The zero-order valence-corrected chi connectivity index (χ0v) is 21.5. The minimum atomic E-state index is -0.944. The lowest BCUT2D eigenvalue weighted by Gasteiger charge is -2.08. The van der Waals surface area contributed by atoms with Crippen LogP contribution >= 0.6 is 0 Å². The molecule has 7 N–H and O–H groups in total. The van der Waals surface area contributed by atoms with Gasteiger partial charge in [0.25, 0.3) is 0 Å². The number of carboxylic acids is 1. The molecule has 0 spiro atoms. The van der Waals surface area contributed by atoms with Crippen LogP contribution in [0, 0.1) is 20.8 Å². The van der Waals surface area contributed by atoms with E-state index in [-0.39, 0.29) is 13.8 Å². The van der Waals surface area contributed by atoms with Gasteiger partial charge in [0.2, 0.25) is 6.79 Å². The van der Waals surface area contributed by atoms with Crippen molar-refractivity contribution in [2.45, 2.75) is 20.8 Å². The van der Waals surface area contributed by atoms with Crippen LogP contribution in [-0.4, -0.2) is 28.8 Å². The number of anilines is 3. The number of nitrogens with zero attached hydrogens (tertiary/aromatic N) is 1. The molecular formula is C29H34N4O5. The molecule has 0 amide bonds. The van der Waals surface area contributed by atoms with E-state index in [1.807, 2.05) is 45.0 Å². The third-order valence-electron chi connectivity index (χ3n) is 4.82. The van der Waals surface area contributed by atoms with Gasteiger partial charge in [-0.25, -0.2) is 9.59 Å². The number of aromatic carboxylic acids is 1. The van der Waals surface area contributed by atoms with E-state index in [0.717, 1.165) is 16.8 Å². The zero-order chi connectivity index (χ0) is 28.1. The molecule has 0 saturated heterocycles. The molecule has 3 aromatic carbocycles. The number of nitrogens with two attached hydrogens (primary N) is 3. The number of benzene rings is 3. The number of esters is 1. The first-order valence-electron chi connectivity index (χ1n) is 11.5. The summed E-state index contributed by atoms with van der Waals surface area (Å²) in [5.41, 5.74) is 22.0. The lowest BCUT2D eigenvalue weighted by Crippen LogP contribution is -2.11. The molecule has 4 aromatic rings. The number of aryl methyl sites for hydroxylation is 3. The Bertz CT molecular complexity index is 1290. The fraction of sp³-hybridized carbons (Fsp3) is 0.138. The van der Waals surface area contributed by atoms with Gasteiger partial charge < -0.3 is 31.8 Å². The highest BCUT2D eigenvalue weighted by Crippen LogP contribution is 2.13. The lowest BCUT2D eigenvalue weighted by molar-refractivity contribution is 0.0153. The Kier molecular flexibility index (Phi) is 11.1. The Morgan fingerprint density at radius 1 is 0.737 bits per heavy atom. The lowest BCUT2D eigenvalue weighted by atomic mass is 10.1. The first-order chi connectivity index (χ1) is 18.0. The summed E-state index contributed by atoms with van der Waals surface area (Å²) >= 11 is 0. The van der Waals surface area contributed by atoms with Crippen molar-refractivity contribution in [2.24, 2.45) is 0 Å². The van der Waals surface area contributed by atoms with Gasteiger partial charge in [-0.1, -0.05) is 17.7 Å². The van der Waals surface area contributed by atoms with Crippen molar-refractivity contribution in [3.8, 4) is 5.75 Å². The maximum atomic E-state index is 11.8. The number of carboxylic acid groups (broad SMARTS) is 1. The normalized spacial score (nSPS) is 9.66. The maximum Gasteiger partial charge on any atom is 0.341 e. The Morgan fingerprint density at radius 2 is 1.26 bits per heavy atom. The van der Waals surface area contributed by atoms with Crippen LogP contribution in [0.15, 0.2) is 85.2 Å². The fourth-order valence-corrected chi connectivity index (χ4v) is 3.10. The molecule has 0 bridgehead atoms. The minimum absolute atomic E-state index is 0. The van der Waals surface area contributed by atoms with Crippen molar-refractivity contribution in [3.63, 3.8) is 0 Å². The van der Waals surface area contributed by atoms with Gasteiger partial charge in [0, 0.05) is 30.9 Å². The third-order valence-corrected chi connectivity index (χ3v) is 4.82. The van der Waals surface area contributed by atoms with Crippen LogP contribution < -0.4 is 21.9 Å². The van der Waals surface area contributed by atoms with Crippen molar-refractivity contribution < 1.29 is 25.6 Å². The molecule has 0 aliphatic heterocycles. The zero-order valence-electron chi connectivity index (χ0n) is 21.5. The van der Waals surface area contributed by atoms with Crippen LogP contribution in [-0.2, 0) is 4.74 Å². The molecule has 0 aliphatic carbocycles. The molecule has 0 aliphatic rings. The van der Waals surface area contributed by atoms with E-state index >= 15 is 0 Å². The van der Waals surface area contributed by atoms with Gasteiger partial charge in [-0.2, -0.15) is 0 Å². The van der Waals surface area contributed by atoms with E-state index in [2.05, 4.69) is 4.98 Å². The minimum Gasteiger partial charge on any atom is -0.478 e. The number of nitrogen functional groups attached to an aromatic ring is 3. The van der Waals surface area contributed by atoms with Crippen molar-refractivity contribution in [1.29, 1.82) is 0 Å². The van der Waals surface area contributed by atoms with Crippen LogP contribution in [0.2, 0.25) is 0 Å². The monoisotopic (exact) mass is 519 g/mol. The molecule has 200 valence electrons. The highest BCUT2D eigenvalue weighted by Gasteiger charge is 2.08. The molecule has 1 heterocycles. The SMILES string of the molecule is Cc1cc(N)cc(C(=O)O)c1.Cc1cc(N)cc(C(=O)OCOc2ccncc2)c1.Cc1ccc(N)cc1.[2HH]. The molecule has 4 rings (SSSR count). The molecule has 0 radical (unpaired) electrons. The van der Waals surface area contributed by atoms with Crippen molar-refractivity contribution in [3.05, 3.63) is 113 Å². The van der Waals surface area contributed by atoms with Gasteiger partial charge in [-0.15, -0.1) is 0 Å². The van der Waals surface area contributed by atoms with E-state index in [1.165, 1.54) is 11.6 Å². The van der Waals surface area contributed by atoms with Gasteiger partial charge in [-0.05, 0) is 92.6 Å². The molecule has 0 atom stereocenters. The number of carbonyl (C=O) groups is 2. The number of rotatable bonds is 5. The number of hydrogen-bond acceptors (Lipinski definition) is 8. The Hall–Kier alpha value is -5.05. The van der Waals surface area contributed by atoms with Gasteiger partial charge in [0.05, 0.1) is 11.1 Å². The number of hydrogen-bond donors (Lipinski definition) is 4. The van der Waals surface area contributed by atoms with Crippen LogP contribution in [0.1, 0.15) is 38.8 Å². The summed E-state index contributed by atoms with van der Waals surface area (Å²) in [5, 5.41) is 8.58. The summed E-state index contributed by atoms with van der Waals surface area (Å²) in [6.07, 6.45) is 3.19. The average molecular weight is 520 g/mol. The maximum absolute atomic E-state index is 11.8. The summed E-state index contributed by atoms with van der Waals surface area (Å²) in [6.45, 7) is 5.56. The largest absolute Gasteiger partial charge is 0.478 e. The van der Waals surface area contributed by atoms with E-state index in [1.54, 1.807) is 54.9 Å². The van der Waals surface area contributed by atoms with E-state index in [9.17, 15) is 9.59 Å². The van der Waals surface area contributed by atoms with E-state index in [4.69, 9.17) is 31.8 Å². The first-order valence-corrected chi connectivity index (χ1v) is 11.5. The van der Waals surface area contributed by atoms with Crippen LogP contribution in [0.5, 0.6) is 5.75 Å². The average Bonchev–Trinajstić information content (AvgIpc) is 2.86. The predicted molar refractivity (Wildman–Crippen MR) is 151 cm³/mol. The molecule has 0 saturated carbocycles. The molecule has 38 heavy (non-hydrogen) atoms. The summed E-state index contributed by atoms with van der Waals surface area (Å²) in [7, 11) is 0. The number of carbonyl (C=O) groups excluding carboxylic acids is 1. The van der Waals surface area contributed by atoms with Gasteiger partial charge in [0.1, 0.15) is 5.75 Å². The van der Waals surface area contributed by atoms with Crippen molar-refractivity contribution in [2.75, 3.05) is 24.0 Å². The second-order valence-corrected chi connectivity index (χ2v) is 8.36. The summed E-state index contributed by atoms with van der Waals surface area (Å²) in [4.78, 5) is 26.1. The standard InChI is InChI=1S/C14H14N2O3.C8H9NO2.C7H9N.H2/c1-10-6-11(8-12(15)7-10)14(17)19-9-18-13-2-4-16-5-3-13;1-5-2-6(8(10)11)4-7(9)3-5;1-6-2-4-7(8)5-3-6;/h2-8H,9,15H2,1H3;2-4H,9H2,1H3,(H,10,11);2-5H,8H2,1H3;1H/i;;;1+1. The molecule has 0 unspecified atom stereocenters. The molecule has 9 heteroatoms. The molecule has 0 fully saturated rings. The van der Waals surface area contributed by atoms with Gasteiger partial charge >= 0.3 is 11.9 Å². The topological polar surface area (TPSA) is 164 Å². The van der Waals surface area contributed by atoms with Crippen molar-refractivity contribution in [1.82, 2.24) is 4.98 Å². The predicted octanol–water partition coefficient (Wildman–Crippen LogP) is 5.26. The highest BCUT2D eigenvalue weighted by atomic mass is 16.7. The number of aromatic nitrogens is 1. The Morgan fingerprint density at radius 3 is 1.76 bits per heavy atom. The first kappa shape index (κ1) is 29.2. The molecule has 1 aromatic heterocycles. The number of ether oxygens (including phenoxy) is 2. The second kappa shape index (κ2) is 14.5. The third kappa shape index (κ3) is 10.7. The van der Waals surface area contributed by atoms with E-state index < -0.39 is 11.9 Å². The Balaban J connectivity index is 0.000000322. The van der Waals surface area contributed by atoms with Crippen LogP contribution in [0.3, 0.4) is 0 Å². The van der Waals surface area contributed by atoms with Crippen LogP contribution in [0.25, 0.3) is 0 Å². The van der Waals surface area contributed by atoms with Crippen LogP contribution in [0.4, 0.5) is 17.1 Å². The second-order valence-electron chi connectivity index (χ2n) is 8.36. The summed E-state index contributed by atoms with van der Waals surface area (Å²) < 4.78 is 10.2. The molecular weight excluding hydrogens is 484 g/mol. The quantitative estimate of drug-likeness (QED) is 0.156. The summed E-state index contributed by atoms with van der Waals surface area (Å²) in [6, 6.07) is 21.0. The van der Waals surface area contributed by atoms with Gasteiger partial charge in [-0.3, -0.25) is 4.98 Å². The number of pyridine rings is 1. The fourth-order valence-electron chi connectivity index (χ4n) is 3.10. The van der Waals surface area contributed by atoms with Crippen molar-refractivity contribution >= 4 is 29.0 Å². The van der Waals surface area contributed by atoms with Gasteiger partial charge in [0.15, 0.2) is 0 Å². The Labute approximate surface area is 223 Å². The molecule has 9 nitrogen and oxygen atoms in total.